The van der Waals surface area contributed by atoms with Crippen LogP contribution in [-0.4, -0.2) is 47.4 Å². The number of H-pyrrole nitrogens is 1. The number of pyridine rings is 1. The lowest BCUT2D eigenvalue weighted by atomic mass is 10.3. The van der Waals surface area contributed by atoms with Crippen LogP contribution in [0.3, 0.4) is 0 Å². The summed E-state index contributed by atoms with van der Waals surface area (Å²) in [4.78, 5) is 30.5. The number of hydrogen-bond acceptors (Lipinski definition) is 5. The second-order valence-electron chi connectivity index (χ2n) is 4.92. The molecule has 2 heterocycles. The average molecular weight is 320 g/mol. The summed E-state index contributed by atoms with van der Waals surface area (Å²) in [6.07, 6.45) is 3.61. The minimum Gasteiger partial charge on any atom is -0.382 e. The molecule has 2 aromatic rings. The predicted molar refractivity (Wildman–Crippen MR) is 84.6 cm³/mol. The third-order valence-corrected chi connectivity index (χ3v) is 3.13. The molecule has 2 N–H and O–H groups in total. The van der Waals surface area contributed by atoms with E-state index in [2.05, 4.69) is 15.3 Å². The standard InChI is InChI=1S/C15H20N4O4/c1-19-10-11(3-4-14(19)20)17-15(21)12-9-16-13(18-12)5-6-23-8-7-22-2/h3-4,9-10H,5-8H2,1-2H3,(H,16,18)(H,17,21). The molecule has 0 aliphatic heterocycles. The molecule has 0 saturated carbocycles. The van der Waals surface area contributed by atoms with Crippen LogP contribution in [-0.2, 0) is 22.9 Å². The number of carbonyl (C=O) groups excluding carboxylic acids is 1. The molecular formula is C15H20N4O4. The number of rotatable bonds is 8. The summed E-state index contributed by atoms with van der Waals surface area (Å²) in [6.45, 7) is 1.57. The predicted octanol–water partition coefficient (Wildman–Crippen LogP) is 0.566. The highest BCUT2D eigenvalue weighted by Crippen LogP contribution is 2.06. The molecule has 124 valence electrons. The van der Waals surface area contributed by atoms with Crippen molar-refractivity contribution in [1.82, 2.24) is 14.5 Å². The Hall–Kier alpha value is -2.45. The molecule has 0 saturated heterocycles. The van der Waals surface area contributed by atoms with E-state index in [1.165, 1.54) is 16.8 Å². The van der Waals surface area contributed by atoms with Gasteiger partial charge in [0.15, 0.2) is 0 Å². The number of amides is 1. The van der Waals surface area contributed by atoms with Gasteiger partial charge in [-0.15, -0.1) is 0 Å². The normalized spacial score (nSPS) is 10.7. The number of aromatic nitrogens is 3. The Morgan fingerprint density at radius 1 is 1.35 bits per heavy atom. The van der Waals surface area contributed by atoms with Crippen LogP contribution in [0.5, 0.6) is 0 Å². The van der Waals surface area contributed by atoms with E-state index in [1.807, 2.05) is 0 Å². The van der Waals surface area contributed by atoms with Crippen molar-refractivity contribution in [1.29, 1.82) is 0 Å². The van der Waals surface area contributed by atoms with E-state index in [9.17, 15) is 9.59 Å². The maximum absolute atomic E-state index is 12.1. The molecule has 8 heteroatoms. The van der Waals surface area contributed by atoms with E-state index in [0.29, 0.717) is 43.4 Å². The van der Waals surface area contributed by atoms with Crippen molar-refractivity contribution in [3.8, 4) is 0 Å². The first-order valence-corrected chi connectivity index (χ1v) is 7.18. The molecule has 0 radical (unpaired) electrons. The summed E-state index contributed by atoms with van der Waals surface area (Å²) in [5, 5.41) is 2.71. The Balaban J connectivity index is 1.87. The number of nitrogens with one attached hydrogen (secondary N) is 2. The minimum atomic E-state index is -0.317. The molecule has 2 rings (SSSR count). The molecule has 23 heavy (non-hydrogen) atoms. The number of methoxy groups -OCH3 is 1. The third kappa shape index (κ3) is 5.04. The number of aromatic amines is 1. The van der Waals surface area contributed by atoms with Gasteiger partial charge in [-0.3, -0.25) is 9.59 Å². The van der Waals surface area contributed by atoms with Crippen LogP contribution in [0, 0.1) is 0 Å². The lowest BCUT2D eigenvalue weighted by Gasteiger charge is -2.05. The van der Waals surface area contributed by atoms with Gasteiger partial charge in [0.05, 0.1) is 31.7 Å². The quantitative estimate of drug-likeness (QED) is 0.693. The second-order valence-corrected chi connectivity index (χ2v) is 4.92. The molecule has 1 amide bonds. The van der Waals surface area contributed by atoms with Gasteiger partial charge < -0.3 is 24.3 Å². The molecule has 2 aromatic heterocycles. The van der Waals surface area contributed by atoms with E-state index >= 15 is 0 Å². The number of hydrogen-bond donors (Lipinski definition) is 2. The van der Waals surface area contributed by atoms with E-state index in [-0.39, 0.29) is 11.5 Å². The maximum Gasteiger partial charge on any atom is 0.273 e. The van der Waals surface area contributed by atoms with E-state index in [4.69, 9.17) is 9.47 Å². The minimum absolute atomic E-state index is 0.139. The third-order valence-electron chi connectivity index (χ3n) is 3.13. The highest BCUT2D eigenvalue weighted by atomic mass is 16.5. The molecule has 0 atom stereocenters. The topological polar surface area (TPSA) is 98.2 Å². The summed E-state index contributed by atoms with van der Waals surface area (Å²) in [7, 11) is 3.24. The van der Waals surface area contributed by atoms with Crippen LogP contribution in [0.4, 0.5) is 5.69 Å². The van der Waals surface area contributed by atoms with E-state index in [1.54, 1.807) is 26.4 Å². The van der Waals surface area contributed by atoms with E-state index < -0.39 is 0 Å². The second kappa shape index (κ2) is 8.25. The van der Waals surface area contributed by atoms with Crippen LogP contribution in [0.2, 0.25) is 0 Å². The van der Waals surface area contributed by atoms with Gasteiger partial charge in [-0.2, -0.15) is 0 Å². The fourth-order valence-corrected chi connectivity index (χ4v) is 1.88. The van der Waals surface area contributed by atoms with Crippen molar-refractivity contribution in [2.24, 2.45) is 7.05 Å². The molecule has 0 spiro atoms. The van der Waals surface area contributed by atoms with Crippen molar-refractivity contribution in [3.63, 3.8) is 0 Å². The van der Waals surface area contributed by atoms with Crippen molar-refractivity contribution < 1.29 is 14.3 Å². The van der Waals surface area contributed by atoms with Gasteiger partial charge in [0.1, 0.15) is 11.5 Å². The Kier molecular flexibility index (Phi) is 6.07. The molecular weight excluding hydrogens is 300 g/mol. The number of anilines is 1. The van der Waals surface area contributed by atoms with Crippen molar-refractivity contribution >= 4 is 11.6 Å². The number of nitrogens with zero attached hydrogens (tertiary/aromatic N) is 2. The zero-order valence-corrected chi connectivity index (χ0v) is 13.2. The Morgan fingerprint density at radius 2 is 2.17 bits per heavy atom. The Morgan fingerprint density at radius 3 is 2.91 bits per heavy atom. The van der Waals surface area contributed by atoms with Gasteiger partial charge >= 0.3 is 0 Å². The highest BCUT2D eigenvalue weighted by molar-refractivity contribution is 6.02. The van der Waals surface area contributed by atoms with Crippen LogP contribution < -0.4 is 10.9 Å². The monoisotopic (exact) mass is 320 g/mol. The Bertz CT molecular complexity index is 707. The number of imidazole rings is 1. The molecule has 0 aliphatic carbocycles. The number of ether oxygens (including phenoxy) is 2. The van der Waals surface area contributed by atoms with Gasteiger partial charge in [-0.05, 0) is 6.07 Å². The van der Waals surface area contributed by atoms with Gasteiger partial charge in [0, 0.05) is 32.8 Å². The fraction of sp³-hybridized carbons (Fsp3) is 0.400. The average Bonchev–Trinajstić information content (AvgIpc) is 3.00. The molecule has 8 nitrogen and oxygen atoms in total. The number of carbonyl (C=O) groups is 1. The van der Waals surface area contributed by atoms with Crippen LogP contribution in [0.25, 0.3) is 0 Å². The summed E-state index contributed by atoms with van der Waals surface area (Å²) >= 11 is 0. The molecule has 0 bridgehead atoms. The molecule has 0 unspecified atom stereocenters. The number of aryl methyl sites for hydroxylation is 1. The zero-order valence-electron chi connectivity index (χ0n) is 13.2. The Labute approximate surface area is 133 Å². The summed E-state index contributed by atoms with van der Waals surface area (Å²) in [5.41, 5.74) is 0.752. The lowest BCUT2D eigenvalue weighted by molar-refractivity contribution is 0.0717. The van der Waals surface area contributed by atoms with Gasteiger partial charge in [0.2, 0.25) is 5.56 Å². The molecule has 0 fully saturated rings. The molecule has 0 aliphatic rings. The van der Waals surface area contributed by atoms with Crippen LogP contribution >= 0.6 is 0 Å². The summed E-state index contributed by atoms with van der Waals surface area (Å²) in [6, 6.07) is 2.95. The van der Waals surface area contributed by atoms with Crippen molar-refractivity contribution in [2.75, 3.05) is 32.2 Å². The molecule has 0 aromatic carbocycles. The van der Waals surface area contributed by atoms with E-state index in [0.717, 1.165) is 0 Å². The first-order chi connectivity index (χ1) is 11.1. The van der Waals surface area contributed by atoms with Crippen LogP contribution in [0.15, 0.2) is 29.3 Å². The smallest absolute Gasteiger partial charge is 0.273 e. The van der Waals surface area contributed by atoms with Crippen LogP contribution in [0.1, 0.15) is 16.3 Å². The summed E-state index contributed by atoms with van der Waals surface area (Å²) < 4.78 is 11.6. The van der Waals surface area contributed by atoms with Gasteiger partial charge in [-0.1, -0.05) is 0 Å². The van der Waals surface area contributed by atoms with Gasteiger partial charge in [0.25, 0.3) is 5.91 Å². The first kappa shape index (κ1) is 16.9. The highest BCUT2D eigenvalue weighted by Gasteiger charge is 2.10. The largest absolute Gasteiger partial charge is 0.382 e. The first-order valence-electron chi connectivity index (χ1n) is 7.18. The summed E-state index contributed by atoms with van der Waals surface area (Å²) in [5.74, 6) is 0.357. The van der Waals surface area contributed by atoms with Gasteiger partial charge in [-0.25, -0.2) is 4.98 Å². The van der Waals surface area contributed by atoms with Crippen molar-refractivity contribution in [2.45, 2.75) is 6.42 Å². The van der Waals surface area contributed by atoms with Crippen molar-refractivity contribution in [3.05, 3.63) is 46.4 Å². The maximum atomic E-state index is 12.1. The SMILES string of the molecule is COCCOCCc1ncc(C(=O)Nc2ccc(=O)n(C)c2)[nH]1. The zero-order chi connectivity index (χ0) is 16.7. The lowest BCUT2D eigenvalue weighted by Crippen LogP contribution is -2.18. The fourth-order valence-electron chi connectivity index (χ4n) is 1.88.